The Morgan fingerprint density at radius 3 is 2.71 bits per heavy atom. The molecule has 0 atom stereocenters. The third-order valence-electron chi connectivity index (χ3n) is 2.48. The lowest BCUT2D eigenvalue weighted by molar-refractivity contribution is 0.0696. The number of hydrogen-bond acceptors (Lipinski definition) is 3. The molecule has 5 heteroatoms. The molecule has 4 nitrogen and oxygen atoms in total. The molecule has 0 aliphatic heterocycles. The highest BCUT2D eigenvalue weighted by molar-refractivity contribution is 6.31. The summed E-state index contributed by atoms with van der Waals surface area (Å²) in [4.78, 5) is 15.3. The average molecular weight is 252 g/mol. The number of carboxylic acids is 1. The Bertz CT molecular complexity index is 610. The zero-order chi connectivity index (χ0) is 12.6. The largest absolute Gasteiger partial charge is 0.494 e. The fraction of sp³-hybridized carbons (Fsp3) is 0.167. The molecule has 2 rings (SSSR count). The SMILES string of the molecule is COc1cc(C(=O)O)cc2cc(Cl)c(C)nc12. The quantitative estimate of drug-likeness (QED) is 0.892. The van der Waals surface area contributed by atoms with Crippen molar-refractivity contribution in [3.05, 3.63) is 34.5 Å². The van der Waals surface area contributed by atoms with Gasteiger partial charge in [0.1, 0.15) is 11.3 Å². The van der Waals surface area contributed by atoms with E-state index in [1.54, 1.807) is 13.0 Å². The van der Waals surface area contributed by atoms with Crippen molar-refractivity contribution >= 4 is 28.5 Å². The van der Waals surface area contributed by atoms with Crippen molar-refractivity contribution in [3.8, 4) is 5.75 Å². The van der Waals surface area contributed by atoms with E-state index in [2.05, 4.69) is 4.98 Å². The maximum atomic E-state index is 11.0. The van der Waals surface area contributed by atoms with Gasteiger partial charge in [-0.05, 0) is 25.1 Å². The number of aromatic nitrogens is 1. The minimum absolute atomic E-state index is 0.149. The van der Waals surface area contributed by atoms with Gasteiger partial charge < -0.3 is 9.84 Å². The number of benzene rings is 1. The number of nitrogens with zero attached hydrogens (tertiary/aromatic N) is 1. The van der Waals surface area contributed by atoms with Gasteiger partial charge in [0.25, 0.3) is 0 Å². The fourth-order valence-corrected chi connectivity index (χ4v) is 1.76. The molecular weight excluding hydrogens is 242 g/mol. The van der Waals surface area contributed by atoms with Crippen molar-refractivity contribution in [2.45, 2.75) is 6.92 Å². The Morgan fingerprint density at radius 2 is 2.12 bits per heavy atom. The first-order valence-electron chi connectivity index (χ1n) is 4.91. The number of halogens is 1. The standard InChI is InChI=1S/C12H10ClNO3/c1-6-9(13)4-7-3-8(12(15)16)5-10(17-2)11(7)14-6/h3-5H,1-2H3,(H,15,16). The van der Waals surface area contributed by atoms with E-state index in [0.29, 0.717) is 27.4 Å². The van der Waals surface area contributed by atoms with E-state index < -0.39 is 5.97 Å². The molecule has 2 aromatic rings. The molecule has 0 fully saturated rings. The molecule has 88 valence electrons. The second kappa shape index (κ2) is 4.22. The number of aryl methyl sites for hydroxylation is 1. The van der Waals surface area contributed by atoms with Crippen LogP contribution < -0.4 is 4.74 Å². The van der Waals surface area contributed by atoms with E-state index in [1.165, 1.54) is 19.2 Å². The molecule has 1 N–H and O–H groups in total. The van der Waals surface area contributed by atoms with Gasteiger partial charge in [0.2, 0.25) is 0 Å². The monoisotopic (exact) mass is 251 g/mol. The maximum Gasteiger partial charge on any atom is 0.335 e. The van der Waals surface area contributed by atoms with Gasteiger partial charge in [0, 0.05) is 5.39 Å². The summed E-state index contributed by atoms with van der Waals surface area (Å²) in [5.41, 5.74) is 1.44. The Morgan fingerprint density at radius 1 is 1.41 bits per heavy atom. The molecule has 0 aliphatic rings. The maximum absolute atomic E-state index is 11.0. The lowest BCUT2D eigenvalue weighted by atomic mass is 10.1. The topological polar surface area (TPSA) is 59.4 Å². The zero-order valence-corrected chi connectivity index (χ0v) is 10.1. The number of carbonyl (C=O) groups is 1. The van der Waals surface area contributed by atoms with E-state index in [4.69, 9.17) is 21.4 Å². The zero-order valence-electron chi connectivity index (χ0n) is 9.32. The van der Waals surface area contributed by atoms with E-state index >= 15 is 0 Å². The predicted octanol–water partition coefficient (Wildman–Crippen LogP) is 2.90. The fourth-order valence-electron chi connectivity index (χ4n) is 1.60. The van der Waals surface area contributed by atoms with Crippen LogP contribution in [0.1, 0.15) is 16.1 Å². The van der Waals surface area contributed by atoms with Crippen LogP contribution >= 0.6 is 11.6 Å². The van der Waals surface area contributed by atoms with Crippen LogP contribution in [-0.2, 0) is 0 Å². The van der Waals surface area contributed by atoms with Crippen molar-refractivity contribution in [2.75, 3.05) is 7.11 Å². The van der Waals surface area contributed by atoms with Crippen LogP contribution in [0.2, 0.25) is 5.02 Å². The molecule has 17 heavy (non-hydrogen) atoms. The van der Waals surface area contributed by atoms with E-state index in [1.807, 2.05) is 0 Å². The Balaban J connectivity index is 2.82. The van der Waals surface area contributed by atoms with Crippen LogP contribution in [0.25, 0.3) is 10.9 Å². The summed E-state index contributed by atoms with van der Waals surface area (Å²) in [5, 5.41) is 10.1. The highest BCUT2D eigenvalue weighted by Crippen LogP contribution is 2.29. The molecular formula is C12H10ClNO3. The second-order valence-electron chi connectivity index (χ2n) is 3.61. The normalized spacial score (nSPS) is 10.5. The van der Waals surface area contributed by atoms with Crippen molar-refractivity contribution in [1.29, 1.82) is 0 Å². The molecule has 0 saturated carbocycles. The van der Waals surface area contributed by atoms with E-state index in [9.17, 15) is 4.79 Å². The lowest BCUT2D eigenvalue weighted by Crippen LogP contribution is -1.99. The predicted molar refractivity (Wildman–Crippen MR) is 65.0 cm³/mol. The van der Waals surface area contributed by atoms with Crippen molar-refractivity contribution in [2.24, 2.45) is 0 Å². The number of hydrogen-bond donors (Lipinski definition) is 1. The summed E-state index contributed by atoms with van der Waals surface area (Å²) in [7, 11) is 1.48. The summed E-state index contributed by atoms with van der Waals surface area (Å²) < 4.78 is 5.14. The summed E-state index contributed by atoms with van der Waals surface area (Å²) >= 11 is 5.96. The molecule has 0 bridgehead atoms. The van der Waals surface area contributed by atoms with Gasteiger partial charge in [-0.1, -0.05) is 11.6 Å². The van der Waals surface area contributed by atoms with Gasteiger partial charge in [0.05, 0.1) is 23.4 Å². The number of fused-ring (bicyclic) bond motifs is 1. The number of methoxy groups -OCH3 is 1. The molecule has 0 aliphatic carbocycles. The highest BCUT2D eigenvalue weighted by atomic mass is 35.5. The van der Waals surface area contributed by atoms with Crippen LogP contribution in [0, 0.1) is 6.92 Å². The molecule has 0 amide bonds. The first-order valence-corrected chi connectivity index (χ1v) is 5.29. The molecule has 1 aromatic heterocycles. The average Bonchev–Trinajstić information content (AvgIpc) is 2.29. The van der Waals surface area contributed by atoms with Crippen LogP contribution in [0.4, 0.5) is 0 Å². The van der Waals surface area contributed by atoms with Crippen LogP contribution in [0.15, 0.2) is 18.2 Å². The van der Waals surface area contributed by atoms with Gasteiger partial charge in [-0.2, -0.15) is 0 Å². The molecule has 1 heterocycles. The summed E-state index contributed by atoms with van der Waals surface area (Å²) in [5.74, 6) is -0.582. The molecule has 0 spiro atoms. The van der Waals surface area contributed by atoms with Gasteiger partial charge >= 0.3 is 5.97 Å². The van der Waals surface area contributed by atoms with Crippen molar-refractivity contribution in [1.82, 2.24) is 4.98 Å². The van der Waals surface area contributed by atoms with Crippen LogP contribution in [0.5, 0.6) is 5.75 Å². The third-order valence-corrected chi connectivity index (χ3v) is 2.86. The third kappa shape index (κ3) is 2.03. The molecule has 1 aromatic carbocycles. The second-order valence-corrected chi connectivity index (χ2v) is 4.02. The Kier molecular flexibility index (Phi) is 2.90. The number of carboxylic acid groups (broad SMARTS) is 1. The number of rotatable bonds is 2. The highest BCUT2D eigenvalue weighted by Gasteiger charge is 2.12. The van der Waals surface area contributed by atoms with Gasteiger partial charge in [-0.3, -0.25) is 0 Å². The summed E-state index contributed by atoms with van der Waals surface area (Å²) in [6.45, 7) is 1.78. The van der Waals surface area contributed by atoms with Gasteiger partial charge in [0.15, 0.2) is 0 Å². The van der Waals surface area contributed by atoms with E-state index in [-0.39, 0.29) is 5.56 Å². The number of aromatic carboxylic acids is 1. The van der Waals surface area contributed by atoms with Crippen molar-refractivity contribution < 1.29 is 14.6 Å². The summed E-state index contributed by atoms with van der Waals surface area (Å²) in [6, 6.07) is 4.66. The number of pyridine rings is 1. The minimum atomic E-state index is -1.01. The van der Waals surface area contributed by atoms with Crippen LogP contribution in [0.3, 0.4) is 0 Å². The number of ether oxygens (including phenoxy) is 1. The molecule has 0 unspecified atom stereocenters. The first-order chi connectivity index (χ1) is 8.02. The first kappa shape index (κ1) is 11.7. The van der Waals surface area contributed by atoms with Gasteiger partial charge in [-0.25, -0.2) is 9.78 Å². The molecule has 0 radical (unpaired) electrons. The lowest BCUT2D eigenvalue weighted by Gasteiger charge is -2.08. The smallest absolute Gasteiger partial charge is 0.335 e. The minimum Gasteiger partial charge on any atom is -0.494 e. The van der Waals surface area contributed by atoms with Crippen LogP contribution in [-0.4, -0.2) is 23.2 Å². The summed E-state index contributed by atoms with van der Waals surface area (Å²) in [6.07, 6.45) is 0. The Hall–Kier alpha value is -1.81. The van der Waals surface area contributed by atoms with Crippen molar-refractivity contribution in [3.63, 3.8) is 0 Å². The molecule has 0 saturated heterocycles. The van der Waals surface area contributed by atoms with Gasteiger partial charge in [-0.15, -0.1) is 0 Å². The van der Waals surface area contributed by atoms with E-state index in [0.717, 1.165) is 0 Å². The Labute approximate surface area is 103 Å².